The highest BCUT2D eigenvalue weighted by molar-refractivity contribution is 5.92. The number of primary amides is 1. The lowest BCUT2D eigenvalue weighted by Crippen LogP contribution is -2.41. The number of nitrogens with two attached hydrogens (primary N) is 1. The highest BCUT2D eigenvalue weighted by Gasteiger charge is 2.30. The second-order valence-corrected chi connectivity index (χ2v) is 6.75. The van der Waals surface area contributed by atoms with Crippen molar-refractivity contribution < 1.29 is 14.3 Å². The van der Waals surface area contributed by atoms with Crippen molar-refractivity contribution in [1.82, 2.24) is 9.88 Å². The number of carbonyl (C=O) groups is 2. The first-order chi connectivity index (χ1) is 13.0. The molecule has 1 aliphatic heterocycles. The Morgan fingerprint density at radius 2 is 1.93 bits per heavy atom. The van der Waals surface area contributed by atoms with Crippen LogP contribution in [-0.2, 0) is 11.2 Å². The summed E-state index contributed by atoms with van der Waals surface area (Å²) in [5, 5.41) is 1.23. The fraction of sp³-hybridized carbons (Fsp3) is 0.238. The zero-order valence-corrected chi connectivity index (χ0v) is 15.1. The molecule has 0 bridgehead atoms. The summed E-state index contributed by atoms with van der Waals surface area (Å²) in [4.78, 5) is 29.1. The number of fused-ring (bicyclic) bond motifs is 3. The smallest absolute Gasteiger partial charge is 0.261 e. The van der Waals surface area contributed by atoms with Gasteiger partial charge in [-0.3, -0.25) is 9.59 Å². The van der Waals surface area contributed by atoms with Crippen LogP contribution in [0.5, 0.6) is 5.75 Å². The van der Waals surface area contributed by atoms with E-state index in [1.54, 1.807) is 24.3 Å². The number of amides is 2. The first-order valence-corrected chi connectivity index (χ1v) is 8.96. The van der Waals surface area contributed by atoms with Gasteiger partial charge in [-0.25, -0.2) is 0 Å². The topological polar surface area (TPSA) is 88.4 Å². The lowest BCUT2D eigenvalue weighted by Gasteiger charge is -2.33. The van der Waals surface area contributed by atoms with Crippen molar-refractivity contribution in [3.05, 3.63) is 65.4 Å². The molecule has 2 heterocycles. The largest absolute Gasteiger partial charge is 0.484 e. The number of nitrogens with zero attached hydrogens (tertiary/aromatic N) is 1. The predicted octanol–water partition coefficient (Wildman–Crippen LogP) is 2.79. The fourth-order valence-corrected chi connectivity index (χ4v) is 3.71. The van der Waals surface area contributed by atoms with Crippen molar-refractivity contribution in [1.29, 1.82) is 0 Å². The highest BCUT2D eigenvalue weighted by atomic mass is 16.5. The number of ether oxygens (including phenoxy) is 1. The van der Waals surface area contributed by atoms with Gasteiger partial charge in [0.15, 0.2) is 6.61 Å². The average Bonchev–Trinajstić information content (AvgIpc) is 3.06. The molecule has 2 amide bonds. The van der Waals surface area contributed by atoms with Crippen LogP contribution >= 0.6 is 0 Å². The maximum absolute atomic E-state index is 12.7. The van der Waals surface area contributed by atoms with Crippen LogP contribution in [0.2, 0.25) is 0 Å². The van der Waals surface area contributed by atoms with Crippen molar-refractivity contribution in [3.8, 4) is 5.75 Å². The lowest BCUT2D eigenvalue weighted by atomic mass is 9.98. The van der Waals surface area contributed by atoms with Crippen LogP contribution in [0, 0.1) is 0 Å². The normalized spacial score (nSPS) is 16.2. The van der Waals surface area contributed by atoms with Gasteiger partial charge >= 0.3 is 0 Å². The van der Waals surface area contributed by atoms with E-state index in [2.05, 4.69) is 17.1 Å². The Morgan fingerprint density at radius 3 is 2.67 bits per heavy atom. The summed E-state index contributed by atoms with van der Waals surface area (Å²) in [6.45, 7) is 2.65. The summed E-state index contributed by atoms with van der Waals surface area (Å²) >= 11 is 0. The summed E-state index contributed by atoms with van der Waals surface area (Å²) in [7, 11) is 0. The van der Waals surface area contributed by atoms with Crippen molar-refractivity contribution in [2.75, 3.05) is 13.2 Å². The number of rotatable bonds is 4. The van der Waals surface area contributed by atoms with Crippen LogP contribution in [0.1, 0.15) is 34.6 Å². The number of aromatic amines is 1. The number of aromatic nitrogens is 1. The number of nitrogens with one attached hydrogen (secondary N) is 1. The second-order valence-electron chi connectivity index (χ2n) is 6.75. The van der Waals surface area contributed by atoms with Crippen LogP contribution in [0.3, 0.4) is 0 Å². The number of hydrogen-bond acceptors (Lipinski definition) is 3. The molecule has 138 valence electrons. The van der Waals surface area contributed by atoms with E-state index in [-0.39, 0.29) is 18.6 Å². The van der Waals surface area contributed by atoms with E-state index >= 15 is 0 Å². The van der Waals surface area contributed by atoms with E-state index in [0.29, 0.717) is 17.9 Å². The van der Waals surface area contributed by atoms with Crippen LogP contribution in [0.15, 0.2) is 48.5 Å². The quantitative estimate of drug-likeness (QED) is 0.747. The summed E-state index contributed by atoms with van der Waals surface area (Å²) in [6.07, 6.45) is 0.822. The summed E-state index contributed by atoms with van der Waals surface area (Å²) in [6, 6.07) is 14.6. The molecule has 6 nitrogen and oxygen atoms in total. The van der Waals surface area contributed by atoms with Gasteiger partial charge in [-0.05, 0) is 49.2 Å². The third kappa shape index (κ3) is 3.14. The Morgan fingerprint density at radius 1 is 1.19 bits per heavy atom. The first-order valence-electron chi connectivity index (χ1n) is 8.96. The van der Waals surface area contributed by atoms with Gasteiger partial charge < -0.3 is 20.4 Å². The third-order valence-corrected chi connectivity index (χ3v) is 5.16. The monoisotopic (exact) mass is 363 g/mol. The van der Waals surface area contributed by atoms with Gasteiger partial charge in [-0.15, -0.1) is 0 Å². The van der Waals surface area contributed by atoms with E-state index in [9.17, 15) is 9.59 Å². The van der Waals surface area contributed by atoms with Gasteiger partial charge in [0.1, 0.15) is 5.75 Å². The molecule has 3 aromatic rings. The summed E-state index contributed by atoms with van der Waals surface area (Å²) in [5.41, 5.74) is 9.13. The Bertz CT molecular complexity index is 1010. The van der Waals surface area contributed by atoms with Crippen LogP contribution in [0.4, 0.5) is 0 Å². The second kappa shape index (κ2) is 6.79. The van der Waals surface area contributed by atoms with Crippen molar-refractivity contribution in [3.63, 3.8) is 0 Å². The molecule has 0 radical (unpaired) electrons. The number of H-pyrrole nitrogens is 1. The number of benzene rings is 2. The lowest BCUT2D eigenvalue weighted by molar-refractivity contribution is -0.136. The van der Waals surface area contributed by atoms with Crippen LogP contribution in [0.25, 0.3) is 10.9 Å². The number of hydrogen-bond donors (Lipinski definition) is 2. The van der Waals surface area contributed by atoms with Crippen molar-refractivity contribution in [2.45, 2.75) is 19.4 Å². The van der Waals surface area contributed by atoms with Crippen LogP contribution in [-0.4, -0.2) is 34.8 Å². The minimum Gasteiger partial charge on any atom is -0.484 e. The molecule has 0 aliphatic carbocycles. The standard InChI is InChI=1S/C21H21N3O3/c1-13-20-17(16-4-2-3-5-18(16)23-20)10-11-24(13)19(25)12-27-15-8-6-14(7-9-15)21(22)26/h2-9,13,23H,10-12H2,1H3,(H2,22,26)/t13-/m0/s1. The zero-order chi connectivity index (χ0) is 19.0. The Kier molecular flexibility index (Phi) is 4.32. The summed E-state index contributed by atoms with van der Waals surface area (Å²) < 4.78 is 5.60. The molecule has 1 aliphatic rings. The summed E-state index contributed by atoms with van der Waals surface area (Å²) in [5.74, 6) is -0.0241. The van der Waals surface area contributed by atoms with E-state index in [1.165, 1.54) is 10.9 Å². The maximum atomic E-state index is 12.7. The SMILES string of the molecule is C[C@H]1c2[nH]c3ccccc3c2CCN1C(=O)COc1ccc(C(N)=O)cc1. The first kappa shape index (κ1) is 17.1. The minimum atomic E-state index is -0.492. The zero-order valence-electron chi connectivity index (χ0n) is 15.1. The van der Waals surface area contributed by atoms with E-state index in [0.717, 1.165) is 17.6 Å². The van der Waals surface area contributed by atoms with Gasteiger partial charge in [0.2, 0.25) is 5.91 Å². The molecule has 2 aromatic carbocycles. The molecule has 1 atom stereocenters. The van der Waals surface area contributed by atoms with Gasteiger partial charge in [0.05, 0.1) is 6.04 Å². The molecule has 0 fully saturated rings. The van der Waals surface area contributed by atoms with Gasteiger partial charge in [0.25, 0.3) is 5.91 Å². The Labute approximate surface area is 156 Å². The van der Waals surface area contributed by atoms with E-state index in [4.69, 9.17) is 10.5 Å². The minimum absolute atomic E-state index is 0.0329. The Hall–Kier alpha value is -3.28. The fourth-order valence-electron chi connectivity index (χ4n) is 3.71. The van der Waals surface area contributed by atoms with Crippen molar-refractivity contribution in [2.24, 2.45) is 5.73 Å². The molecule has 27 heavy (non-hydrogen) atoms. The number of para-hydroxylation sites is 1. The molecule has 0 spiro atoms. The molecular weight excluding hydrogens is 342 g/mol. The third-order valence-electron chi connectivity index (χ3n) is 5.16. The molecule has 1 aromatic heterocycles. The molecule has 0 unspecified atom stereocenters. The Balaban J connectivity index is 1.45. The van der Waals surface area contributed by atoms with Gasteiger partial charge in [-0.2, -0.15) is 0 Å². The molecule has 4 rings (SSSR count). The predicted molar refractivity (Wildman–Crippen MR) is 103 cm³/mol. The van der Waals surface area contributed by atoms with E-state index < -0.39 is 5.91 Å². The molecular formula is C21H21N3O3. The molecule has 0 saturated carbocycles. The average molecular weight is 363 g/mol. The molecule has 3 N–H and O–H groups in total. The van der Waals surface area contributed by atoms with Crippen molar-refractivity contribution >= 4 is 22.7 Å². The van der Waals surface area contributed by atoms with Gasteiger partial charge in [0, 0.05) is 28.7 Å². The molecule has 0 saturated heterocycles. The van der Waals surface area contributed by atoms with Gasteiger partial charge in [-0.1, -0.05) is 18.2 Å². The maximum Gasteiger partial charge on any atom is 0.261 e. The van der Waals surface area contributed by atoms with E-state index in [1.807, 2.05) is 24.0 Å². The van der Waals surface area contributed by atoms with Crippen LogP contribution < -0.4 is 10.5 Å². The highest BCUT2D eigenvalue weighted by Crippen LogP contribution is 2.34. The number of carbonyl (C=O) groups excluding carboxylic acids is 2. The molecule has 6 heteroatoms.